The first kappa shape index (κ1) is 12.5. The van der Waals surface area contributed by atoms with Crippen molar-refractivity contribution in [3.8, 4) is 0 Å². The molecule has 0 saturated heterocycles. The first-order valence-electron chi connectivity index (χ1n) is 6.79. The van der Waals surface area contributed by atoms with Crippen molar-refractivity contribution in [3.63, 3.8) is 0 Å². The van der Waals surface area contributed by atoms with Crippen LogP contribution in [0, 0.1) is 0 Å². The molecule has 0 radical (unpaired) electrons. The van der Waals surface area contributed by atoms with Gasteiger partial charge in [-0.2, -0.15) is 0 Å². The topological polar surface area (TPSA) is 63.8 Å². The van der Waals surface area contributed by atoms with E-state index in [0.717, 1.165) is 16.3 Å². The lowest BCUT2D eigenvalue weighted by atomic mass is 10.1. The maximum absolute atomic E-state index is 10.5. The van der Waals surface area contributed by atoms with Gasteiger partial charge < -0.3 is 5.11 Å². The molecule has 106 valence electrons. The van der Waals surface area contributed by atoms with E-state index in [-0.39, 0.29) is 5.88 Å². The summed E-state index contributed by atoms with van der Waals surface area (Å²) in [6.45, 7) is 3.96. The summed E-state index contributed by atoms with van der Waals surface area (Å²) in [5.74, 6) is 0.0396. The van der Waals surface area contributed by atoms with E-state index in [4.69, 9.17) is 0 Å². The summed E-state index contributed by atoms with van der Waals surface area (Å²) < 4.78 is 1.52. The summed E-state index contributed by atoms with van der Waals surface area (Å²) in [4.78, 5) is 12.9. The molecular weight excluding hydrogens is 276 g/mol. The Morgan fingerprint density at radius 2 is 2.09 bits per heavy atom. The van der Waals surface area contributed by atoms with Crippen molar-refractivity contribution in [3.05, 3.63) is 65.8 Å². The smallest absolute Gasteiger partial charge is 0.207 e. The second kappa shape index (κ2) is 4.66. The van der Waals surface area contributed by atoms with Gasteiger partial charge in [0.2, 0.25) is 5.88 Å². The van der Waals surface area contributed by atoms with Gasteiger partial charge in [-0.3, -0.25) is 9.55 Å². The summed E-state index contributed by atoms with van der Waals surface area (Å²) in [6, 6.07) is 9.83. The average molecular weight is 288 g/mol. The number of aromatic nitrogens is 4. The highest BCUT2D eigenvalue weighted by Gasteiger charge is 2.07. The number of aliphatic hydroxyl groups is 1. The highest BCUT2D eigenvalue weighted by molar-refractivity contribution is 5.92. The molecular formula is C17H12N4O. The Kier molecular flexibility index (Phi) is 2.66. The fraction of sp³-hybridized carbons (Fsp3) is 0. The molecule has 3 heterocycles. The molecule has 4 rings (SSSR count). The molecule has 5 nitrogen and oxygen atoms in total. The van der Waals surface area contributed by atoms with Crippen molar-refractivity contribution >= 4 is 34.3 Å². The monoisotopic (exact) mass is 288 g/mol. The SMILES string of the molecule is C=c1ncc(=C(O)n2ccnc2)c2nc3ccccc3cc12. The lowest BCUT2D eigenvalue weighted by Crippen LogP contribution is -2.20. The number of aliphatic hydroxyl groups excluding tert-OH is 1. The van der Waals surface area contributed by atoms with Crippen LogP contribution < -0.4 is 10.6 Å². The lowest BCUT2D eigenvalue weighted by molar-refractivity contribution is 0.467. The molecule has 1 aromatic carbocycles. The molecule has 0 amide bonds. The van der Waals surface area contributed by atoms with Gasteiger partial charge in [-0.05, 0) is 12.1 Å². The first-order valence-corrected chi connectivity index (χ1v) is 6.79. The number of benzene rings is 1. The van der Waals surface area contributed by atoms with Crippen LogP contribution in [-0.4, -0.2) is 24.6 Å². The molecule has 0 saturated carbocycles. The van der Waals surface area contributed by atoms with Gasteiger partial charge in [0.15, 0.2) is 0 Å². The fourth-order valence-electron chi connectivity index (χ4n) is 2.50. The van der Waals surface area contributed by atoms with Crippen molar-refractivity contribution < 1.29 is 5.11 Å². The van der Waals surface area contributed by atoms with Crippen molar-refractivity contribution in [2.75, 3.05) is 0 Å². The molecule has 0 aliphatic heterocycles. The van der Waals surface area contributed by atoms with Gasteiger partial charge in [-0.1, -0.05) is 24.8 Å². The molecule has 1 N–H and O–H groups in total. The number of rotatable bonds is 1. The van der Waals surface area contributed by atoms with E-state index < -0.39 is 0 Å². The Labute approximate surface area is 125 Å². The Morgan fingerprint density at radius 1 is 1.23 bits per heavy atom. The zero-order valence-electron chi connectivity index (χ0n) is 11.6. The maximum Gasteiger partial charge on any atom is 0.207 e. The summed E-state index contributed by atoms with van der Waals surface area (Å²) in [5, 5.41) is 13.5. The molecule has 0 aliphatic carbocycles. The number of para-hydroxylation sites is 1. The fourth-order valence-corrected chi connectivity index (χ4v) is 2.50. The summed E-state index contributed by atoms with van der Waals surface area (Å²) >= 11 is 0. The predicted molar refractivity (Wildman–Crippen MR) is 85.5 cm³/mol. The molecule has 0 unspecified atom stereocenters. The molecule has 0 aliphatic rings. The van der Waals surface area contributed by atoms with Crippen LogP contribution in [-0.2, 0) is 0 Å². The highest BCUT2D eigenvalue weighted by atomic mass is 16.3. The minimum atomic E-state index is 0.0396. The predicted octanol–water partition coefficient (Wildman–Crippen LogP) is 1.56. The van der Waals surface area contributed by atoms with Gasteiger partial charge in [0, 0.05) is 29.4 Å². The van der Waals surface area contributed by atoms with Crippen LogP contribution in [0.5, 0.6) is 0 Å². The van der Waals surface area contributed by atoms with Gasteiger partial charge >= 0.3 is 0 Å². The van der Waals surface area contributed by atoms with Crippen molar-refractivity contribution in [1.29, 1.82) is 0 Å². The third kappa shape index (κ3) is 1.83. The molecule has 22 heavy (non-hydrogen) atoms. The Bertz CT molecular complexity index is 1100. The van der Waals surface area contributed by atoms with E-state index in [9.17, 15) is 5.11 Å². The number of hydrogen-bond acceptors (Lipinski definition) is 4. The third-order valence-corrected chi connectivity index (χ3v) is 3.63. The summed E-state index contributed by atoms with van der Waals surface area (Å²) in [5.41, 5.74) is 1.53. The number of fused-ring (bicyclic) bond motifs is 2. The van der Waals surface area contributed by atoms with Crippen molar-refractivity contribution in [2.24, 2.45) is 0 Å². The number of hydrogen-bond donors (Lipinski definition) is 1. The van der Waals surface area contributed by atoms with E-state index >= 15 is 0 Å². The molecule has 0 atom stereocenters. The van der Waals surface area contributed by atoms with Crippen LogP contribution in [0.15, 0.2) is 55.2 Å². The van der Waals surface area contributed by atoms with E-state index in [1.165, 1.54) is 10.9 Å². The molecule has 0 bridgehead atoms. The normalized spacial score (nSPS) is 12.7. The van der Waals surface area contributed by atoms with Gasteiger partial charge in [-0.25, -0.2) is 9.97 Å². The minimum Gasteiger partial charge on any atom is -0.494 e. The highest BCUT2D eigenvalue weighted by Crippen LogP contribution is 2.15. The Hall–Kier alpha value is -3.21. The second-order valence-electron chi connectivity index (χ2n) is 4.99. The van der Waals surface area contributed by atoms with E-state index in [2.05, 4.69) is 21.5 Å². The Balaban J connectivity index is 2.21. The average Bonchev–Trinajstić information content (AvgIpc) is 3.08. The van der Waals surface area contributed by atoms with Gasteiger partial charge in [0.25, 0.3) is 0 Å². The first-order chi connectivity index (χ1) is 10.7. The van der Waals surface area contributed by atoms with Gasteiger partial charge in [0.1, 0.15) is 6.33 Å². The zero-order chi connectivity index (χ0) is 15.1. The van der Waals surface area contributed by atoms with Gasteiger partial charge in [0.05, 0.1) is 21.6 Å². The molecule has 5 heteroatoms. The number of pyridine rings is 2. The number of nitrogens with zero attached hydrogens (tertiary/aromatic N) is 4. The van der Waals surface area contributed by atoms with E-state index in [1.54, 1.807) is 18.6 Å². The summed E-state index contributed by atoms with van der Waals surface area (Å²) in [6.07, 6.45) is 6.38. The third-order valence-electron chi connectivity index (χ3n) is 3.63. The summed E-state index contributed by atoms with van der Waals surface area (Å²) in [7, 11) is 0. The number of imidazole rings is 1. The van der Waals surface area contributed by atoms with Gasteiger partial charge in [-0.15, -0.1) is 0 Å². The van der Waals surface area contributed by atoms with Crippen LogP contribution in [0.3, 0.4) is 0 Å². The van der Waals surface area contributed by atoms with Crippen molar-refractivity contribution in [2.45, 2.75) is 0 Å². The van der Waals surface area contributed by atoms with Crippen molar-refractivity contribution in [1.82, 2.24) is 19.5 Å². The van der Waals surface area contributed by atoms with E-state index in [1.807, 2.05) is 30.3 Å². The largest absolute Gasteiger partial charge is 0.494 e. The van der Waals surface area contributed by atoms with E-state index in [0.29, 0.717) is 16.1 Å². The van der Waals surface area contributed by atoms with Crippen LogP contribution >= 0.6 is 0 Å². The molecule has 0 fully saturated rings. The lowest BCUT2D eigenvalue weighted by Gasteiger charge is -2.05. The zero-order valence-corrected chi connectivity index (χ0v) is 11.6. The van der Waals surface area contributed by atoms with Crippen LogP contribution in [0.1, 0.15) is 0 Å². The standard InChI is InChI=1S/C17H12N4O/c1-11-13-8-12-4-2-3-5-15(12)20-16(13)14(9-19-11)17(22)21-7-6-18-10-21/h2-10,22H,1H2. The van der Waals surface area contributed by atoms with Crippen LogP contribution in [0.4, 0.5) is 0 Å². The van der Waals surface area contributed by atoms with Crippen LogP contribution in [0.2, 0.25) is 0 Å². The Morgan fingerprint density at radius 3 is 2.91 bits per heavy atom. The minimum absolute atomic E-state index is 0.0396. The quantitative estimate of drug-likeness (QED) is 0.540. The molecule has 3 aromatic heterocycles. The second-order valence-corrected chi connectivity index (χ2v) is 4.99. The molecule has 0 spiro atoms. The molecule has 4 aromatic rings. The maximum atomic E-state index is 10.5. The van der Waals surface area contributed by atoms with Crippen LogP contribution in [0.25, 0.3) is 34.3 Å².